The lowest BCUT2D eigenvalue weighted by Gasteiger charge is -2.07. The van der Waals surface area contributed by atoms with E-state index in [9.17, 15) is 12.8 Å². The number of aryl methyl sites for hydroxylation is 2. The Kier molecular flexibility index (Phi) is 4.13. The summed E-state index contributed by atoms with van der Waals surface area (Å²) in [4.78, 5) is 0.722. The van der Waals surface area contributed by atoms with E-state index in [0.29, 0.717) is 17.2 Å². The van der Waals surface area contributed by atoms with Gasteiger partial charge in [-0.05, 0) is 37.6 Å². The van der Waals surface area contributed by atoms with Crippen LogP contribution in [0.4, 0.5) is 4.39 Å². The predicted molar refractivity (Wildman–Crippen MR) is 83.4 cm³/mol. The summed E-state index contributed by atoms with van der Waals surface area (Å²) in [6, 6.07) is 3.71. The van der Waals surface area contributed by atoms with Crippen molar-refractivity contribution < 1.29 is 12.8 Å². The van der Waals surface area contributed by atoms with E-state index < -0.39 is 15.8 Å². The molecule has 3 rings (SSSR count). The lowest BCUT2D eigenvalue weighted by Crippen LogP contribution is -2.26. The van der Waals surface area contributed by atoms with Crippen LogP contribution in [-0.4, -0.2) is 34.8 Å². The summed E-state index contributed by atoms with van der Waals surface area (Å²) < 4.78 is 41.7. The number of fused-ring (bicyclic) bond motifs is 1. The Morgan fingerprint density at radius 3 is 2.78 bits per heavy atom. The number of nitrogens with one attached hydrogen (secondary N) is 1. The molecule has 0 bridgehead atoms. The first kappa shape index (κ1) is 16.0. The van der Waals surface area contributed by atoms with Crippen molar-refractivity contribution >= 4 is 26.3 Å². The zero-order chi connectivity index (χ0) is 16.6. The summed E-state index contributed by atoms with van der Waals surface area (Å²) >= 11 is 1.36. The van der Waals surface area contributed by atoms with E-state index in [0.717, 1.165) is 11.1 Å². The third kappa shape index (κ3) is 3.23. The lowest BCUT2D eigenvalue weighted by atomic mass is 10.2. The number of hydrogen-bond acceptors (Lipinski definition) is 6. The Morgan fingerprint density at radius 2 is 2.09 bits per heavy atom. The molecular formula is C13H14FN5O2S2. The van der Waals surface area contributed by atoms with Gasteiger partial charge in [-0.1, -0.05) is 11.3 Å². The van der Waals surface area contributed by atoms with Crippen molar-refractivity contribution in [2.24, 2.45) is 0 Å². The van der Waals surface area contributed by atoms with Gasteiger partial charge in [0.1, 0.15) is 10.8 Å². The van der Waals surface area contributed by atoms with Gasteiger partial charge in [0.25, 0.3) is 0 Å². The highest BCUT2D eigenvalue weighted by atomic mass is 32.2. The normalized spacial score (nSPS) is 12.1. The number of hydrogen-bond donors (Lipinski definition) is 1. The summed E-state index contributed by atoms with van der Waals surface area (Å²) in [5.41, 5.74) is 0.289. The van der Waals surface area contributed by atoms with Gasteiger partial charge in [-0.25, -0.2) is 17.5 Å². The third-order valence-corrected chi connectivity index (χ3v) is 5.68. The van der Waals surface area contributed by atoms with Crippen LogP contribution in [0.2, 0.25) is 0 Å². The number of aromatic nitrogens is 4. The second-order valence-electron chi connectivity index (χ2n) is 5.00. The highest BCUT2D eigenvalue weighted by Crippen LogP contribution is 2.16. The number of sulfonamides is 1. The molecule has 1 aromatic carbocycles. The van der Waals surface area contributed by atoms with Crippen molar-refractivity contribution in [3.05, 3.63) is 40.4 Å². The van der Waals surface area contributed by atoms with Gasteiger partial charge in [0, 0.05) is 13.0 Å². The van der Waals surface area contributed by atoms with Gasteiger partial charge in [-0.3, -0.25) is 0 Å². The zero-order valence-electron chi connectivity index (χ0n) is 12.4. The second kappa shape index (κ2) is 5.95. The summed E-state index contributed by atoms with van der Waals surface area (Å²) in [5, 5.41) is 12.9. The molecule has 0 fully saturated rings. The molecule has 23 heavy (non-hydrogen) atoms. The van der Waals surface area contributed by atoms with Crippen molar-refractivity contribution in [1.29, 1.82) is 0 Å². The third-order valence-electron chi connectivity index (χ3n) is 3.26. The molecule has 7 nitrogen and oxygen atoms in total. The number of nitrogens with zero attached hydrogens (tertiary/aromatic N) is 4. The molecule has 0 saturated carbocycles. The average molecular weight is 355 g/mol. The Morgan fingerprint density at radius 1 is 1.30 bits per heavy atom. The predicted octanol–water partition coefficient (Wildman–Crippen LogP) is 1.46. The molecule has 3 aromatic rings. The summed E-state index contributed by atoms with van der Waals surface area (Å²) in [7, 11) is -3.67. The highest BCUT2D eigenvalue weighted by Gasteiger charge is 2.15. The van der Waals surface area contributed by atoms with Gasteiger partial charge in [-0.2, -0.15) is 9.61 Å². The van der Waals surface area contributed by atoms with Crippen LogP contribution in [0.15, 0.2) is 23.1 Å². The van der Waals surface area contributed by atoms with Crippen molar-refractivity contribution in [3.63, 3.8) is 0 Å². The van der Waals surface area contributed by atoms with Crippen molar-refractivity contribution in [3.8, 4) is 0 Å². The summed E-state index contributed by atoms with van der Waals surface area (Å²) in [5.74, 6) is 0.254. The van der Waals surface area contributed by atoms with Crippen LogP contribution in [0.5, 0.6) is 0 Å². The van der Waals surface area contributed by atoms with E-state index in [-0.39, 0.29) is 17.0 Å². The fourth-order valence-corrected chi connectivity index (χ4v) is 4.01. The second-order valence-corrected chi connectivity index (χ2v) is 7.80. The molecule has 0 aliphatic carbocycles. The van der Waals surface area contributed by atoms with Gasteiger partial charge in [0.15, 0.2) is 5.82 Å². The van der Waals surface area contributed by atoms with Gasteiger partial charge in [-0.15, -0.1) is 10.2 Å². The molecule has 2 heterocycles. The molecule has 0 spiro atoms. The first-order valence-electron chi connectivity index (χ1n) is 6.80. The van der Waals surface area contributed by atoms with Crippen LogP contribution in [0.25, 0.3) is 4.96 Å². The molecular weight excluding hydrogens is 341 g/mol. The molecule has 0 aliphatic rings. The fourth-order valence-electron chi connectivity index (χ4n) is 2.02. The van der Waals surface area contributed by atoms with Gasteiger partial charge in [0.2, 0.25) is 15.0 Å². The van der Waals surface area contributed by atoms with E-state index in [4.69, 9.17) is 0 Å². The monoisotopic (exact) mass is 355 g/mol. The van der Waals surface area contributed by atoms with Crippen LogP contribution >= 0.6 is 11.3 Å². The first-order valence-corrected chi connectivity index (χ1v) is 9.10. The largest absolute Gasteiger partial charge is 0.240 e. The molecule has 0 radical (unpaired) electrons. The topological polar surface area (TPSA) is 89.2 Å². The molecule has 1 N–H and O–H groups in total. The number of rotatable bonds is 5. The maximum Gasteiger partial charge on any atom is 0.240 e. The fraction of sp³-hybridized carbons (Fsp3) is 0.308. The van der Waals surface area contributed by atoms with Crippen LogP contribution in [0.1, 0.15) is 16.4 Å². The van der Waals surface area contributed by atoms with Gasteiger partial charge >= 0.3 is 0 Å². The SMILES string of the molecule is Cc1cc(S(=O)(=O)NCCc2nn3c(C)nnc3s2)ccc1F. The van der Waals surface area contributed by atoms with E-state index in [2.05, 4.69) is 20.0 Å². The van der Waals surface area contributed by atoms with E-state index in [1.165, 1.54) is 30.4 Å². The van der Waals surface area contributed by atoms with Crippen LogP contribution in [-0.2, 0) is 16.4 Å². The van der Waals surface area contributed by atoms with E-state index in [1.807, 2.05) is 0 Å². The first-order chi connectivity index (χ1) is 10.9. The van der Waals surface area contributed by atoms with Crippen molar-refractivity contribution in [2.45, 2.75) is 25.2 Å². The van der Waals surface area contributed by atoms with E-state index >= 15 is 0 Å². The Bertz CT molecular complexity index is 964. The molecule has 0 amide bonds. The summed E-state index contributed by atoms with van der Waals surface area (Å²) in [6.45, 7) is 3.51. The molecule has 0 aliphatic heterocycles. The molecule has 2 aromatic heterocycles. The maximum absolute atomic E-state index is 13.2. The average Bonchev–Trinajstić information content (AvgIpc) is 3.04. The standard InChI is InChI=1S/C13H14FN5O2S2/c1-8-7-10(3-4-11(8)14)23(20,21)15-6-5-12-18-19-9(2)16-17-13(19)22-12/h3-4,7,15H,5-6H2,1-2H3. The Labute approximate surface area is 136 Å². The van der Waals surface area contributed by atoms with Crippen LogP contribution in [0, 0.1) is 19.7 Å². The highest BCUT2D eigenvalue weighted by molar-refractivity contribution is 7.89. The Hall–Kier alpha value is -1.91. The van der Waals surface area contributed by atoms with E-state index in [1.54, 1.807) is 11.4 Å². The minimum Gasteiger partial charge on any atom is -0.211 e. The molecule has 0 saturated heterocycles. The minimum absolute atomic E-state index is 0.0467. The van der Waals surface area contributed by atoms with Gasteiger partial charge < -0.3 is 0 Å². The van der Waals surface area contributed by atoms with Gasteiger partial charge in [0.05, 0.1) is 4.90 Å². The molecule has 0 atom stereocenters. The minimum atomic E-state index is -3.67. The number of halogens is 1. The zero-order valence-corrected chi connectivity index (χ0v) is 14.1. The maximum atomic E-state index is 13.2. The molecule has 0 unspecified atom stereocenters. The quantitative estimate of drug-likeness (QED) is 0.748. The van der Waals surface area contributed by atoms with Crippen molar-refractivity contribution in [2.75, 3.05) is 6.54 Å². The van der Waals surface area contributed by atoms with Crippen LogP contribution < -0.4 is 4.72 Å². The molecule has 122 valence electrons. The Balaban J connectivity index is 1.68. The van der Waals surface area contributed by atoms with Crippen LogP contribution in [0.3, 0.4) is 0 Å². The van der Waals surface area contributed by atoms with Crippen molar-refractivity contribution in [1.82, 2.24) is 24.5 Å². The smallest absolute Gasteiger partial charge is 0.211 e. The summed E-state index contributed by atoms with van der Waals surface area (Å²) in [6.07, 6.45) is 0.437. The number of benzene rings is 1. The molecule has 10 heteroatoms. The lowest BCUT2D eigenvalue weighted by molar-refractivity contribution is 0.579.